The number of rotatable bonds is 5. The highest BCUT2D eigenvalue weighted by molar-refractivity contribution is 5.26. The van der Waals surface area contributed by atoms with Crippen LogP contribution in [0, 0.1) is 18.7 Å². The smallest absolute Gasteiger partial charge is 0.126 e. The van der Waals surface area contributed by atoms with E-state index in [-0.39, 0.29) is 11.9 Å². The fraction of sp³-hybridized carbons (Fsp3) is 0.647. The van der Waals surface area contributed by atoms with Gasteiger partial charge in [0.25, 0.3) is 0 Å². The van der Waals surface area contributed by atoms with E-state index in [1.54, 1.807) is 6.07 Å². The van der Waals surface area contributed by atoms with Crippen LogP contribution in [0.25, 0.3) is 0 Å². The third kappa shape index (κ3) is 3.80. The molecule has 1 unspecified atom stereocenters. The molecule has 0 radical (unpaired) electrons. The first-order chi connectivity index (χ1) is 9.61. The van der Waals surface area contributed by atoms with E-state index in [2.05, 4.69) is 11.9 Å². The lowest BCUT2D eigenvalue weighted by Gasteiger charge is -2.32. The molecule has 1 aromatic carbocycles. The summed E-state index contributed by atoms with van der Waals surface area (Å²) in [6.45, 7) is 3.49. The van der Waals surface area contributed by atoms with Gasteiger partial charge in [-0.1, -0.05) is 31.4 Å². The average molecular weight is 278 g/mol. The highest BCUT2D eigenvalue weighted by atomic mass is 19.1. The van der Waals surface area contributed by atoms with Crippen molar-refractivity contribution < 1.29 is 4.39 Å². The summed E-state index contributed by atoms with van der Waals surface area (Å²) >= 11 is 0. The van der Waals surface area contributed by atoms with Gasteiger partial charge in [-0.05, 0) is 49.9 Å². The van der Waals surface area contributed by atoms with Crippen molar-refractivity contribution in [2.45, 2.75) is 45.1 Å². The number of halogens is 1. The van der Waals surface area contributed by atoms with Crippen LogP contribution in [0.1, 0.15) is 49.3 Å². The van der Waals surface area contributed by atoms with Crippen molar-refractivity contribution in [3.63, 3.8) is 0 Å². The predicted octanol–water partition coefficient (Wildman–Crippen LogP) is 3.65. The van der Waals surface area contributed by atoms with Crippen LogP contribution in [-0.2, 0) is 0 Å². The van der Waals surface area contributed by atoms with E-state index < -0.39 is 0 Å². The zero-order valence-corrected chi connectivity index (χ0v) is 12.7. The van der Waals surface area contributed by atoms with E-state index in [4.69, 9.17) is 5.73 Å². The molecule has 0 aliphatic heterocycles. The lowest BCUT2D eigenvalue weighted by Crippen LogP contribution is -2.35. The van der Waals surface area contributed by atoms with Crippen LogP contribution >= 0.6 is 0 Å². The standard InChI is InChI=1S/C17H27FN2/c1-13-10-15(8-9-16(13)18)17(11-19)20(2)12-14-6-4-3-5-7-14/h8-10,14,17H,3-7,11-12,19H2,1-2H3. The van der Waals surface area contributed by atoms with E-state index in [0.717, 1.165) is 18.0 Å². The molecule has 1 atom stereocenters. The Labute approximate surface area is 122 Å². The molecule has 2 nitrogen and oxygen atoms in total. The van der Waals surface area contributed by atoms with Gasteiger partial charge in [-0.3, -0.25) is 4.90 Å². The number of nitrogens with zero attached hydrogens (tertiary/aromatic N) is 1. The van der Waals surface area contributed by atoms with E-state index >= 15 is 0 Å². The van der Waals surface area contributed by atoms with Crippen LogP contribution in [-0.4, -0.2) is 25.0 Å². The Balaban J connectivity index is 2.03. The van der Waals surface area contributed by atoms with E-state index in [9.17, 15) is 4.39 Å². The molecule has 1 fully saturated rings. The maximum absolute atomic E-state index is 13.4. The summed E-state index contributed by atoms with van der Waals surface area (Å²) in [6, 6.07) is 5.56. The molecule has 2 rings (SSSR count). The van der Waals surface area contributed by atoms with Crippen molar-refractivity contribution in [3.05, 3.63) is 35.1 Å². The fourth-order valence-corrected chi connectivity index (χ4v) is 3.35. The number of aryl methyl sites for hydroxylation is 1. The minimum absolute atomic E-state index is 0.139. The van der Waals surface area contributed by atoms with Crippen molar-refractivity contribution in [2.24, 2.45) is 11.7 Å². The lowest BCUT2D eigenvalue weighted by molar-refractivity contribution is 0.185. The van der Waals surface area contributed by atoms with Crippen molar-refractivity contribution in [3.8, 4) is 0 Å². The minimum atomic E-state index is -0.139. The first-order valence-corrected chi connectivity index (χ1v) is 7.78. The molecule has 0 aromatic heterocycles. The van der Waals surface area contributed by atoms with Gasteiger partial charge in [0.2, 0.25) is 0 Å². The third-order valence-electron chi connectivity index (χ3n) is 4.59. The van der Waals surface area contributed by atoms with Gasteiger partial charge in [0, 0.05) is 19.1 Å². The zero-order valence-electron chi connectivity index (χ0n) is 12.7. The van der Waals surface area contributed by atoms with E-state index in [1.807, 2.05) is 19.1 Å². The van der Waals surface area contributed by atoms with Crippen LogP contribution in [0.5, 0.6) is 0 Å². The molecule has 1 saturated carbocycles. The van der Waals surface area contributed by atoms with Crippen LogP contribution in [0.2, 0.25) is 0 Å². The molecule has 1 aliphatic rings. The Morgan fingerprint density at radius 1 is 1.30 bits per heavy atom. The zero-order chi connectivity index (χ0) is 14.5. The molecule has 1 aliphatic carbocycles. The molecule has 0 heterocycles. The Morgan fingerprint density at radius 2 is 2.00 bits per heavy atom. The van der Waals surface area contributed by atoms with Gasteiger partial charge in [0.1, 0.15) is 5.82 Å². The second-order valence-electron chi connectivity index (χ2n) is 6.20. The summed E-state index contributed by atoms with van der Waals surface area (Å²) in [5.74, 6) is 0.656. The molecule has 0 saturated heterocycles. The normalized spacial score (nSPS) is 18.4. The third-order valence-corrected chi connectivity index (χ3v) is 4.59. The average Bonchev–Trinajstić information content (AvgIpc) is 2.44. The van der Waals surface area contributed by atoms with Crippen molar-refractivity contribution in [2.75, 3.05) is 20.1 Å². The summed E-state index contributed by atoms with van der Waals surface area (Å²) in [5.41, 5.74) is 7.79. The van der Waals surface area contributed by atoms with Crippen LogP contribution in [0.4, 0.5) is 4.39 Å². The summed E-state index contributed by atoms with van der Waals surface area (Å²) in [6.07, 6.45) is 6.79. The maximum Gasteiger partial charge on any atom is 0.126 e. The van der Waals surface area contributed by atoms with Gasteiger partial charge in [-0.2, -0.15) is 0 Å². The fourth-order valence-electron chi connectivity index (χ4n) is 3.35. The Bertz CT molecular complexity index is 427. The molecule has 1 aromatic rings. The van der Waals surface area contributed by atoms with E-state index in [0.29, 0.717) is 12.1 Å². The summed E-state index contributed by atoms with van der Waals surface area (Å²) < 4.78 is 13.4. The highest BCUT2D eigenvalue weighted by Gasteiger charge is 2.21. The monoisotopic (exact) mass is 278 g/mol. The number of hydrogen-bond donors (Lipinski definition) is 1. The molecular formula is C17H27FN2. The maximum atomic E-state index is 13.4. The summed E-state index contributed by atoms with van der Waals surface area (Å²) in [5, 5.41) is 0. The molecule has 2 N–H and O–H groups in total. The van der Waals surface area contributed by atoms with Crippen molar-refractivity contribution in [1.29, 1.82) is 0 Å². The van der Waals surface area contributed by atoms with E-state index in [1.165, 1.54) is 32.1 Å². The molecule has 112 valence electrons. The molecule has 0 bridgehead atoms. The van der Waals surface area contributed by atoms with Gasteiger partial charge in [0.05, 0.1) is 0 Å². The second-order valence-corrected chi connectivity index (χ2v) is 6.20. The quantitative estimate of drug-likeness (QED) is 0.891. The van der Waals surface area contributed by atoms with Gasteiger partial charge >= 0.3 is 0 Å². The summed E-state index contributed by atoms with van der Waals surface area (Å²) in [7, 11) is 2.14. The molecule has 0 spiro atoms. The van der Waals surface area contributed by atoms with Gasteiger partial charge in [-0.25, -0.2) is 4.39 Å². The SMILES string of the molecule is Cc1cc(C(CN)N(C)CC2CCCCC2)ccc1F. The number of likely N-dealkylation sites (N-methyl/N-ethyl adjacent to an activating group) is 1. The predicted molar refractivity (Wildman–Crippen MR) is 82.1 cm³/mol. The number of benzene rings is 1. The molecule has 20 heavy (non-hydrogen) atoms. The summed E-state index contributed by atoms with van der Waals surface area (Å²) in [4.78, 5) is 2.35. The first-order valence-electron chi connectivity index (χ1n) is 7.78. The minimum Gasteiger partial charge on any atom is -0.329 e. The Kier molecular flexibility index (Phi) is 5.55. The molecule has 0 amide bonds. The van der Waals surface area contributed by atoms with Crippen molar-refractivity contribution >= 4 is 0 Å². The molecule has 3 heteroatoms. The largest absolute Gasteiger partial charge is 0.329 e. The Hall–Kier alpha value is -0.930. The van der Waals surface area contributed by atoms with Crippen molar-refractivity contribution in [1.82, 2.24) is 4.90 Å². The Morgan fingerprint density at radius 3 is 2.60 bits per heavy atom. The van der Waals surface area contributed by atoms with Crippen LogP contribution in [0.15, 0.2) is 18.2 Å². The highest BCUT2D eigenvalue weighted by Crippen LogP contribution is 2.27. The lowest BCUT2D eigenvalue weighted by atomic mass is 9.88. The molecular weight excluding hydrogens is 251 g/mol. The van der Waals surface area contributed by atoms with Gasteiger partial charge < -0.3 is 5.73 Å². The van der Waals surface area contributed by atoms with Gasteiger partial charge in [0.15, 0.2) is 0 Å². The number of hydrogen-bond acceptors (Lipinski definition) is 2. The first kappa shape index (κ1) is 15.5. The number of nitrogens with two attached hydrogens (primary N) is 1. The second kappa shape index (κ2) is 7.19. The topological polar surface area (TPSA) is 29.3 Å². The van der Waals surface area contributed by atoms with Crippen LogP contribution in [0.3, 0.4) is 0 Å². The van der Waals surface area contributed by atoms with Crippen LogP contribution < -0.4 is 5.73 Å². The van der Waals surface area contributed by atoms with Gasteiger partial charge in [-0.15, -0.1) is 0 Å².